The van der Waals surface area contributed by atoms with E-state index in [1.807, 2.05) is 30.3 Å². The van der Waals surface area contributed by atoms with Gasteiger partial charge in [0.05, 0.1) is 0 Å². The van der Waals surface area contributed by atoms with Crippen LogP contribution in [-0.2, 0) is 4.79 Å². The molecule has 0 spiro atoms. The Morgan fingerprint density at radius 2 is 1.25 bits per heavy atom. The molecule has 0 N–H and O–H groups in total. The van der Waals surface area contributed by atoms with E-state index in [1.54, 1.807) is 6.08 Å². The van der Waals surface area contributed by atoms with E-state index in [0.29, 0.717) is 5.56 Å². The molecule has 0 radical (unpaired) electrons. The number of benzene rings is 4. The fraction of sp³-hybridized carbons (Fsp3) is 0. The fourth-order valence-electron chi connectivity index (χ4n) is 3.54. The lowest BCUT2D eigenvalue weighted by atomic mass is 9.89. The molecule has 1 aliphatic carbocycles. The monoisotopic (exact) mass is 308 g/mol. The topological polar surface area (TPSA) is 34.1 Å². The lowest BCUT2D eigenvalue weighted by Crippen LogP contribution is -2.16. The second-order valence-corrected chi connectivity index (χ2v) is 6.18. The molecule has 0 fully saturated rings. The van der Waals surface area contributed by atoms with Gasteiger partial charge in [0.1, 0.15) is 0 Å². The minimum Gasteiger partial charge on any atom is -0.286 e. The van der Waals surface area contributed by atoms with Gasteiger partial charge in [-0.15, -0.1) is 0 Å². The molecule has 0 amide bonds. The van der Waals surface area contributed by atoms with Crippen LogP contribution in [0.1, 0.15) is 15.9 Å². The lowest BCUT2D eigenvalue weighted by molar-refractivity contribution is -0.110. The summed E-state index contributed by atoms with van der Waals surface area (Å²) in [4.78, 5) is 24.2. The van der Waals surface area contributed by atoms with E-state index in [9.17, 15) is 9.59 Å². The molecule has 1 aliphatic rings. The zero-order valence-electron chi connectivity index (χ0n) is 12.7. The van der Waals surface area contributed by atoms with E-state index in [4.69, 9.17) is 0 Å². The minimum absolute atomic E-state index is 0.418. The number of allylic oxidation sites excluding steroid dienone is 1. The highest BCUT2D eigenvalue weighted by Crippen LogP contribution is 2.32. The molecule has 0 aliphatic heterocycles. The van der Waals surface area contributed by atoms with Gasteiger partial charge < -0.3 is 0 Å². The summed E-state index contributed by atoms with van der Waals surface area (Å²) in [5.74, 6) is -0.869. The van der Waals surface area contributed by atoms with Crippen molar-refractivity contribution in [1.29, 1.82) is 0 Å². The van der Waals surface area contributed by atoms with Crippen molar-refractivity contribution in [2.75, 3.05) is 0 Å². The number of Topliss-reactive ketones (excluding diaryl/α,β-unsaturated/α-hetero) is 1. The van der Waals surface area contributed by atoms with Crippen LogP contribution in [0.3, 0.4) is 0 Å². The largest absolute Gasteiger partial charge is 0.286 e. The second-order valence-electron chi connectivity index (χ2n) is 6.18. The van der Waals surface area contributed by atoms with Gasteiger partial charge in [0.15, 0.2) is 0 Å². The number of rotatable bonds is 0. The van der Waals surface area contributed by atoms with Crippen molar-refractivity contribution >= 4 is 50.0 Å². The molecule has 112 valence electrons. The number of hydrogen-bond donors (Lipinski definition) is 0. The van der Waals surface area contributed by atoms with Gasteiger partial charge in [0.25, 0.3) is 0 Å². The first-order valence-electron chi connectivity index (χ1n) is 7.87. The first-order chi connectivity index (χ1) is 11.7. The van der Waals surface area contributed by atoms with Crippen LogP contribution in [0.5, 0.6) is 0 Å². The van der Waals surface area contributed by atoms with Crippen LogP contribution >= 0.6 is 0 Å². The van der Waals surface area contributed by atoms with Crippen molar-refractivity contribution in [3.63, 3.8) is 0 Å². The summed E-state index contributed by atoms with van der Waals surface area (Å²) >= 11 is 0. The van der Waals surface area contributed by atoms with Crippen LogP contribution in [0.4, 0.5) is 0 Å². The van der Waals surface area contributed by atoms with E-state index < -0.39 is 11.6 Å². The van der Waals surface area contributed by atoms with Gasteiger partial charge in [-0.25, -0.2) is 0 Å². The average Bonchev–Trinajstić information content (AvgIpc) is 2.61. The van der Waals surface area contributed by atoms with Gasteiger partial charge in [0, 0.05) is 5.56 Å². The smallest absolute Gasteiger partial charge is 0.234 e. The first kappa shape index (κ1) is 13.2. The summed E-state index contributed by atoms with van der Waals surface area (Å²) < 4.78 is 0. The Kier molecular flexibility index (Phi) is 2.54. The van der Waals surface area contributed by atoms with E-state index in [-0.39, 0.29) is 0 Å². The Morgan fingerprint density at radius 3 is 2.00 bits per heavy atom. The normalized spacial score (nSPS) is 13.8. The average molecular weight is 308 g/mol. The van der Waals surface area contributed by atoms with Gasteiger partial charge in [-0.3, -0.25) is 9.59 Å². The fourth-order valence-corrected chi connectivity index (χ4v) is 3.54. The molecule has 0 atom stereocenters. The van der Waals surface area contributed by atoms with Crippen LogP contribution in [0.25, 0.3) is 38.4 Å². The van der Waals surface area contributed by atoms with Crippen molar-refractivity contribution in [1.82, 2.24) is 0 Å². The molecule has 2 nitrogen and oxygen atoms in total. The number of ketones is 2. The third-order valence-corrected chi connectivity index (χ3v) is 4.74. The van der Waals surface area contributed by atoms with Gasteiger partial charge >= 0.3 is 0 Å². The molecule has 0 unspecified atom stereocenters. The van der Waals surface area contributed by atoms with Crippen molar-refractivity contribution < 1.29 is 9.59 Å². The van der Waals surface area contributed by atoms with Crippen molar-refractivity contribution in [2.45, 2.75) is 0 Å². The first-order valence-corrected chi connectivity index (χ1v) is 7.87. The zero-order chi connectivity index (χ0) is 16.3. The third kappa shape index (κ3) is 1.77. The van der Waals surface area contributed by atoms with E-state index in [2.05, 4.69) is 30.3 Å². The number of carbonyl (C=O) groups excluding carboxylic acids is 2. The SMILES string of the molecule is O=C1C=Cc2ccc3cc4cc5ccccc5cc4cc3c2C1=O. The number of hydrogen-bond acceptors (Lipinski definition) is 2. The molecule has 2 heteroatoms. The number of fused-ring (bicyclic) bond motifs is 5. The molecule has 0 aromatic heterocycles. The molecule has 0 bridgehead atoms. The maximum Gasteiger partial charge on any atom is 0.234 e. The highest BCUT2D eigenvalue weighted by molar-refractivity contribution is 6.51. The Hall–Kier alpha value is -3.26. The van der Waals surface area contributed by atoms with Crippen LogP contribution in [0.15, 0.2) is 66.7 Å². The Morgan fingerprint density at radius 1 is 0.583 bits per heavy atom. The van der Waals surface area contributed by atoms with Crippen molar-refractivity contribution in [3.05, 3.63) is 77.9 Å². The maximum atomic E-state index is 12.4. The van der Waals surface area contributed by atoms with Crippen LogP contribution in [-0.4, -0.2) is 11.6 Å². The molecule has 24 heavy (non-hydrogen) atoms. The van der Waals surface area contributed by atoms with E-state index in [0.717, 1.165) is 32.5 Å². The van der Waals surface area contributed by atoms with Gasteiger partial charge in [0.2, 0.25) is 11.6 Å². The highest BCUT2D eigenvalue weighted by atomic mass is 16.2. The van der Waals surface area contributed by atoms with E-state index in [1.165, 1.54) is 11.5 Å². The summed E-state index contributed by atoms with van der Waals surface area (Å²) in [6.45, 7) is 0. The predicted molar refractivity (Wildman–Crippen MR) is 97.3 cm³/mol. The molecular weight excluding hydrogens is 296 g/mol. The molecule has 0 heterocycles. The third-order valence-electron chi connectivity index (χ3n) is 4.74. The Bertz CT molecular complexity index is 1230. The standard InChI is InChI=1S/C22H12O2/c23-20-8-7-13-5-6-16-11-17-9-14-3-1-2-4-15(14)10-18(17)12-19(16)21(13)22(20)24/h1-12H. The summed E-state index contributed by atoms with van der Waals surface area (Å²) in [6.07, 6.45) is 3.08. The van der Waals surface area contributed by atoms with Crippen LogP contribution in [0, 0.1) is 0 Å². The molecule has 4 aromatic carbocycles. The summed E-state index contributed by atoms with van der Waals surface area (Å²) in [6, 6.07) is 20.6. The minimum atomic E-state index is -0.450. The predicted octanol–water partition coefficient (Wildman–Crippen LogP) is 4.92. The zero-order valence-corrected chi connectivity index (χ0v) is 12.7. The Balaban J connectivity index is 1.92. The van der Waals surface area contributed by atoms with Gasteiger partial charge in [-0.2, -0.15) is 0 Å². The second kappa shape index (κ2) is 4.62. The Labute approximate surface area is 138 Å². The molecule has 5 rings (SSSR count). The van der Waals surface area contributed by atoms with Crippen molar-refractivity contribution in [2.24, 2.45) is 0 Å². The van der Waals surface area contributed by atoms with E-state index >= 15 is 0 Å². The summed E-state index contributed by atoms with van der Waals surface area (Å²) in [5.41, 5.74) is 1.34. The number of carbonyl (C=O) groups is 2. The molecule has 4 aromatic rings. The molecule has 0 saturated heterocycles. The summed E-state index contributed by atoms with van der Waals surface area (Å²) in [7, 11) is 0. The maximum absolute atomic E-state index is 12.4. The lowest BCUT2D eigenvalue weighted by Gasteiger charge is -2.13. The van der Waals surface area contributed by atoms with Crippen molar-refractivity contribution in [3.8, 4) is 0 Å². The highest BCUT2D eigenvalue weighted by Gasteiger charge is 2.23. The quantitative estimate of drug-likeness (QED) is 0.341. The van der Waals surface area contributed by atoms with Gasteiger partial charge in [-0.05, 0) is 68.2 Å². The van der Waals surface area contributed by atoms with Crippen LogP contribution < -0.4 is 0 Å². The van der Waals surface area contributed by atoms with Crippen LogP contribution in [0.2, 0.25) is 0 Å². The molecule has 0 saturated carbocycles. The summed E-state index contributed by atoms with van der Waals surface area (Å²) in [5, 5.41) is 6.38. The molecular formula is C22H12O2. The van der Waals surface area contributed by atoms with Gasteiger partial charge in [-0.1, -0.05) is 42.5 Å².